The van der Waals surface area contributed by atoms with E-state index in [4.69, 9.17) is 5.11 Å². The van der Waals surface area contributed by atoms with Crippen molar-refractivity contribution in [3.05, 3.63) is 24.3 Å². The lowest BCUT2D eigenvalue weighted by Crippen LogP contribution is -2.17. The van der Waals surface area contributed by atoms with Crippen LogP contribution in [0.4, 0.5) is 0 Å². The van der Waals surface area contributed by atoms with Crippen molar-refractivity contribution in [3.63, 3.8) is 0 Å². The molecule has 1 aliphatic rings. The van der Waals surface area contributed by atoms with Crippen molar-refractivity contribution >= 4 is 5.97 Å². The minimum absolute atomic E-state index is 0.231. The molecule has 4 unspecified atom stereocenters. The Morgan fingerprint density at radius 1 is 1.16 bits per heavy atom. The summed E-state index contributed by atoms with van der Waals surface area (Å²) < 4.78 is 0. The number of aliphatic hydroxyl groups excluding tert-OH is 2. The molecular formula is C21H36O4. The van der Waals surface area contributed by atoms with Gasteiger partial charge < -0.3 is 15.3 Å². The van der Waals surface area contributed by atoms with Crippen LogP contribution in [0.3, 0.4) is 0 Å². The minimum atomic E-state index is -0.732. The molecule has 4 atom stereocenters. The van der Waals surface area contributed by atoms with Crippen molar-refractivity contribution in [1.29, 1.82) is 0 Å². The van der Waals surface area contributed by atoms with Crippen LogP contribution in [-0.2, 0) is 4.79 Å². The first-order valence-electron chi connectivity index (χ1n) is 9.95. The monoisotopic (exact) mass is 352 g/mol. The summed E-state index contributed by atoms with van der Waals surface area (Å²) in [6.45, 7) is 2.16. The van der Waals surface area contributed by atoms with Gasteiger partial charge >= 0.3 is 5.97 Å². The maximum atomic E-state index is 10.4. The van der Waals surface area contributed by atoms with Crippen molar-refractivity contribution < 1.29 is 20.1 Å². The maximum absolute atomic E-state index is 10.4. The number of aliphatic hydroxyl groups is 2. The van der Waals surface area contributed by atoms with Gasteiger partial charge in [0.2, 0.25) is 0 Å². The van der Waals surface area contributed by atoms with E-state index in [-0.39, 0.29) is 24.5 Å². The van der Waals surface area contributed by atoms with Crippen LogP contribution >= 0.6 is 0 Å². The van der Waals surface area contributed by atoms with Gasteiger partial charge in [0.25, 0.3) is 0 Å². The van der Waals surface area contributed by atoms with E-state index in [0.29, 0.717) is 12.3 Å². The third-order valence-corrected chi connectivity index (χ3v) is 5.11. The molecule has 3 N–H and O–H groups in total. The maximum Gasteiger partial charge on any atom is 0.303 e. The number of hydrogen-bond acceptors (Lipinski definition) is 3. The van der Waals surface area contributed by atoms with Crippen molar-refractivity contribution in [2.45, 2.75) is 89.8 Å². The van der Waals surface area contributed by atoms with Crippen LogP contribution in [0.15, 0.2) is 24.3 Å². The number of carboxylic acid groups (broad SMARTS) is 1. The van der Waals surface area contributed by atoms with E-state index >= 15 is 0 Å². The van der Waals surface area contributed by atoms with E-state index in [9.17, 15) is 15.0 Å². The van der Waals surface area contributed by atoms with Crippen molar-refractivity contribution in [3.8, 4) is 0 Å². The van der Waals surface area contributed by atoms with E-state index < -0.39 is 5.97 Å². The Hall–Kier alpha value is -1.13. The third kappa shape index (κ3) is 9.81. The lowest BCUT2D eigenvalue weighted by atomic mass is 9.90. The molecule has 0 aromatic carbocycles. The summed E-state index contributed by atoms with van der Waals surface area (Å²) >= 11 is 0. The molecule has 0 heterocycles. The van der Waals surface area contributed by atoms with Crippen molar-refractivity contribution in [1.82, 2.24) is 0 Å². The quantitative estimate of drug-likeness (QED) is 0.338. The number of rotatable bonds is 13. The van der Waals surface area contributed by atoms with Gasteiger partial charge in [-0.3, -0.25) is 4.79 Å². The molecule has 1 fully saturated rings. The fourth-order valence-corrected chi connectivity index (χ4v) is 3.53. The van der Waals surface area contributed by atoms with Gasteiger partial charge in [-0.25, -0.2) is 0 Å². The third-order valence-electron chi connectivity index (χ3n) is 5.11. The Morgan fingerprint density at radius 3 is 2.68 bits per heavy atom. The average Bonchev–Trinajstić information content (AvgIpc) is 2.92. The summed E-state index contributed by atoms with van der Waals surface area (Å²) in [5.41, 5.74) is 0. The second-order valence-electron chi connectivity index (χ2n) is 7.27. The summed E-state index contributed by atoms with van der Waals surface area (Å²) in [5, 5.41) is 28.8. The van der Waals surface area contributed by atoms with E-state index in [0.717, 1.165) is 57.8 Å². The molecule has 1 saturated carbocycles. The van der Waals surface area contributed by atoms with Gasteiger partial charge in [-0.05, 0) is 56.8 Å². The molecule has 0 radical (unpaired) electrons. The molecule has 25 heavy (non-hydrogen) atoms. The minimum Gasteiger partial charge on any atom is -0.481 e. The fourth-order valence-electron chi connectivity index (χ4n) is 3.53. The Kier molecular flexibility index (Phi) is 11.5. The van der Waals surface area contributed by atoms with Gasteiger partial charge in [0.1, 0.15) is 0 Å². The first kappa shape index (κ1) is 21.9. The average molecular weight is 353 g/mol. The number of hydrogen-bond donors (Lipinski definition) is 3. The summed E-state index contributed by atoms with van der Waals surface area (Å²) in [6, 6.07) is 0. The zero-order valence-electron chi connectivity index (χ0n) is 15.6. The topological polar surface area (TPSA) is 77.8 Å². The smallest absolute Gasteiger partial charge is 0.303 e. The summed E-state index contributed by atoms with van der Waals surface area (Å²) in [4.78, 5) is 10.4. The zero-order chi connectivity index (χ0) is 18.5. The second-order valence-corrected chi connectivity index (χ2v) is 7.27. The molecule has 0 aromatic heterocycles. The predicted octanol–water partition coefficient (Wildman–Crippen LogP) is 4.46. The number of unbranched alkanes of at least 4 members (excludes halogenated alkanes) is 4. The Bertz CT molecular complexity index is 416. The molecule has 0 aromatic rings. The highest BCUT2D eigenvalue weighted by Crippen LogP contribution is 2.36. The van der Waals surface area contributed by atoms with Crippen molar-refractivity contribution in [2.24, 2.45) is 11.8 Å². The number of carbonyl (C=O) groups is 1. The first-order chi connectivity index (χ1) is 12.0. The predicted molar refractivity (Wildman–Crippen MR) is 101 cm³/mol. The van der Waals surface area contributed by atoms with Crippen LogP contribution in [0.1, 0.15) is 77.6 Å². The SMILES string of the molecule is CCCCCC(O)/C=C/C1CCC(O)C1C/C=C/CCCCC(=O)O. The molecule has 0 amide bonds. The number of carboxylic acids is 1. The fraction of sp³-hybridized carbons (Fsp3) is 0.762. The molecule has 0 spiro atoms. The Labute approximate surface area is 152 Å². The molecule has 144 valence electrons. The highest BCUT2D eigenvalue weighted by atomic mass is 16.4. The summed E-state index contributed by atoms with van der Waals surface area (Å²) in [5.74, 6) is -0.161. The molecule has 1 aliphatic carbocycles. The molecule has 1 rings (SSSR count). The number of allylic oxidation sites excluding steroid dienone is 3. The molecule has 0 saturated heterocycles. The Morgan fingerprint density at radius 2 is 1.96 bits per heavy atom. The van der Waals surface area contributed by atoms with Crippen LogP contribution < -0.4 is 0 Å². The largest absolute Gasteiger partial charge is 0.481 e. The van der Waals surface area contributed by atoms with E-state index in [1.165, 1.54) is 0 Å². The lowest BCUT2D eigenvalue weighted by molar-refractivity contribution is -0.137. The zero-order valence-corrected chi connectivity index (χ0v) is 15.6. The molecule has 4 nitrogen and oxygen atoms in total. The van der Waals surface area contributed by atoms with Crippen LogP contribution in [0.2, 0.25) is 0 Å². The van der Waals surface area contributed by atoms with Gasteiger partial charge in [0.15, 0.2) is 0 Å². The van der Waals surface area contributed by atoms with Gasteiger partial charge in [0.05, 0.1) is 12.2 Å². The van der Waals surface area contributed by atoms with Crippen LogP contribution in [-0.4, -0.2) is 33.5 Å². The van der Waals surface area contributed by atoms with E-state index in [2.05, 4.69) is 25.2 Å². The summed E-state index contributed by atoms with van der Waals surface area (Å²) in [6.07, 6.45) is 17.2. The first-order valence-corrected chi connectivity index (χ1v) is 9.95. The molecule has 0 aliphatic heterocycles. The van der Waals surface area contributed by atoms with Crippen LogP contribution in [0, 0.1) is 11.8 Å². The van der Waals surface area contributed by atoms with Crippen LogP contribution in [0.25, 0.3) is 0 Å². The Balaban J connectivity index is 2.31. The van der Waals surface area contributed by atoms with Gasteiger partial charge in [0, 0.05) is 6.42 Å². The van der Waals surface area contributed by atoms with Gasteiger partial charge in [-0.15, -0.1) is 0 Å². The highest BCUT2D eigenvalue weighted by Gasteiger charge is 2.32. The van der Waals surface area contributed by atoms with Gasteiger partial charge in [-0.1, -0.05) is 50.5 Å². The van der Waals surface area contributed by atoms with E-state index in [1.54, 1.807) is 0 Å². The molecule has 0 bridgehead atoms. The van der Waals surface area contributed by atoms with Gasteiger partial charge in [-0.2, -0.15) is 0 Å². The molecule has 4 heteroatoms. The number of aliphatic carboxylic acids is 1. The van der Waals surface area contributed by atoms with Crippen molar-refractivity contribution in [2.75, 3.05) is 0 Å². The summed E-state index contributed by atoms with van der Waals surface area (Å²) in [7, 11) is 0. The normalized spacial score (nSPS) is 25.2. The molecular weight excluding hydrogens is 316 g/mol. The highest BCUT2D eigenvalue weighted by molar-refractivity contribution is 5.66. The second kappa shape index (κ2) is 13.1. The lowest BCUT2D eigenvalue weighted by Gasteiger charge is -2.18. The van der Waals surface area contributed by atoms with E-state index in [1.807, 2.05) is 6.08 Å². The van der Waals surface area contributed by atoms with Crippen LogP contribution in [0.5, 0.6) is 0 Å². The standard InChI is InChI=1S/C21H36O4/c1-2-3-7-10-18(22)15-13-17-14-16-20(23)19(17)11-8-5-4-6-9-12-21(24)25/h5,8,13,15,17-20,22-23H,2-4,6-7,9-12,14,16H2,1H3,(H,24,25)/b8-5+,15-13+.